The van der Waals surface area contributed by atoms with E-state index in [0.29, 0.717) is 30.7 Å². The number of Topliss-reactive ketones (excluding diaryl/α,β-unsaturated/α-hetero) is 2. The number of nitrogens with zero attached hydrogens (tertiary/aromatic N) is 1. The van der Waals surface area contributed by atoms with Crippen LogP contribution in [0.15, 0.2) is 24.8 Å². The van der Waals surface area contributed by atoms with Crippen LogP contribution < -0.4 is 10.0 Å². The smallest absolute Gasteiger partial charge is 0.309 e. The van der Waals surface area contributed by atoms with Gasteiger partial charge in [0.2, 0.25) is 11.6 Å². The lowest BCUT2D eigenvalue weighted by Crippen LogP contribution is -2.36. The van der Waals surface area contributed by atoms with Crippen molar-refractivity contribution in [1.29, 1.82) is 0 Å². The van der Waals surface area contributed by atoms with Crippen LogP contribution >= 0.6 is 11.3 Å². The lowest BCUT2D eigenvalue weighted by atomic mass is 9.97. The van der Waals surface area contributed by atoms with Gasteiger partial charge in [-0.15, -0.1) is 24.0 Å². The van der Waals surface area contributed by atoms with Gasteiger partial charge in [0, 0.05) is 29.8 Å². The first kappa shape index (κ1) is 19.8. The van der Waals surface area contributed by atoms with Gasteiger partial charge in [0.15, 0.2) is 0 Å². The lowest BCUT2D eigenvalue weighted by Gasteiger charge is -2.31. The molecule has 3 rings (SSSR count). The van der Waals surface area contributed by atoms with Gasteiger partial charge in [-0.25, -0.2) is 0 Å². The van der Waals surface area contributed by atoms with Crippen molar-refractivity contribution in [2.24, 2.45) is 11.8 Å². The molecule has 1 aromatic heterocycles. The molecule has 2 heterocycles. The molecule has 1 aromatic rings. The molecular formula is C20H24NO5S-. The van der Waals surface area contributed by atoms with E-state index in [9.17, 15) is 19.5 Å². The summed E-state index contributed by atoms with van der Waals surface area (Å²) in [6, 6.07) is 3.69. The monoisotopic (exact) mass is 390 g/mol. The highest BCUT2D eigenvalue weighted by atomic mass is 32.1. The molecule has 27 heavy (non-hydrogen) atoms. The number of carbonyl (C=O) groups is 3. The first-order chi connectivity index (χ1) is 12.9. The molecule has 2 fully saturated rings. The van der Waals surface area contributed by atoms with E-state index in [1.54, 1.807) is 12.1 Å². The predicted octanol–water partition coefficient (Wildman–Crippen LogP) is 1.68. The lowest BCUT2D eigenvalue weighted by molar-refractivity contribution is -0.427. The van der Waals surface area contributed by atoms with Crippen LogP contribution in [0.1, 0.15) is 37.0 Å². The summed E-state index contributed by atoms with van der Waals surface area (Å²) in [5.41, 5.74) is 0. The Bertz CT molecular complexity index is 734. The summed E-state index contributed by atoms with van der Waals surface area (Å²) in [7, 11) is 0. The predicted molar refractivity (Wildman–Crippen MR) is 101 cm³/mol. The number of hydrogen-bond acceptors (Lipinski definition) is 7. The summed E-state index contributed by atoms with van der Waals surface area (Å²) < 4.78 is 5.25. The van der Waals surface area contributed by atoms with Crippen molar-refractivity contribution < 1.29 is 24.2 Å². The van der Waals surface area contributed by atoms with E-state index in [2.05, 4.69) is 11.5 Å². The van der Waals surface area contributed by atoms with Gasteiger partial charge in [-0.05, 0) is 31.4 Å². The van der Waals surface area contributed by atoms with Gasteiger partial charge in [-0.1, -0.05) is 13.0 Å². The van der Waals surface area contributed by atoms with Crippen molar-refractivity contribution >= 4 is 33.9 Å². The maximum atomic E-state index is 12.3. The summed E-state index contributed by atoms with van der Waals surface area (Å²) in [5, 5.41) is 13.3. The van der Waals surface area contributed by atoms with E-state index in [-0.39, 0.29) is 11.9 Å². The molecule has 1 aliphatic carbocycles. The molecule has 2 aliphatic rings. The fraction of sp³-hybridized carbons (Fsp3) is 0.550. The Kier molecular flexibility index (Phi) is 6.11. The molecule has 3 unspecified atom stereocenters. The average molecular weight is 390 g/mol. The Morgan fingerprint density at radius 3 is 2.63 bits per heavy atom. The average Bonchev–Trinajstić information content (AvgIpc) is 3.22. The summed E-state index contributed by atoms with van der Waals surface area (Å²) in [6.45, 7) is 6.95. The molecule has 0 aromatic carbocycles. The van der Waals surface area contributed by atoms with Crippen LogP contribution in [0.3, 0.4) is 0 Å². The number of ketones is 2. The van der Waals surface area contributed by atoms with Gasteiger partial charge in [-0.3, -0.25) is 14.4 Å². The largest absolute Gasteiger partial charge is 0.851 e. The molecule has 1 saturated heterocycles. The van der Waals surface area contributed by atoms with E-state index in [4.69, 9.17) is 4.74 Å². The second-order valence-corrected chi connectivity index (χ2v) is 8.24. The third kappa shape index (κ3) is 3.99. The van der Waals surface area contributed by atoms with Crippen LogP contribution in [-0.2, 0) is 19.1 Å². The molecule has 146 valence electrons. The Hall–Kier alpha value is -1.99. The fourth-order valence-electron chi connectivity index (χ4n) is 3.63. The zero-order chi connectivity index (χ0) is 19.6. The number of thiophene rings is 1. The summed E-state index contributed by atoms with van der Waals surface area (Å²) in [6.07, 6.45) is 2.60. The summed E-state index contributed by atoms with van der Waals surface area (Å²) >= 11 is 1.40. The highest BCUT2D eigenvalue weighted by molar-refractivity contribution is 7.16. The van der Waals surface area contributed by atoms with E-state index < -0.39 is 29.5 Å². The number of ether oxygens (including phenoxy) is 1. The zero-order valence-corrected chi connectivity index (χ0v) is 16.2. The molecule has 0 bridgehead atoms. The van der Waals surface area contributed by atoms with Crippen LogP contribution in [0, 0.1) is 11.8 Å². The fourth-order valence-corrected chi connectivity index (χ4v) is 4.82. The third-order valence-corrected chi connectivity index (χ3v) is 6.61. The third-order valence-electron chi connectivity index (χ3n) is 5.39. The maximum Gasteiger partial charge on any atom is 0.309 e. The van der Waals surface area contributed by atoms with Crippen molar-refractivity contribution in [3.05, 3.63) is 29.7 Å². The van der Waals surface area contributed by atoms with Crippen molar-refractivity contribution in [1.82, 2.24) is 0 Å². The number of hydrogen-bond donors (Lipinski definition) is 0. The Balaban J connectivity index is 1.59. The topological polar surface area (TPSA) is 86.7 Å². The normalized spacial score (nSPS) is 26.4. The van der Waals surface area contributed by atoms with Crippen LogP contribution in [0.5, 0.6) is 0 Å². The van der Waals surface area contributed by atoms with Gasteiger partial charge in [-0.2, -0.15) is 0 Å². The molecule has 1 aliphatic heterocycles. The minimum absolute atomic E-state index is 0.0913. The zero-order valence-electron chi connectivity index (χ0n) is 15.4. The van der Waals surface area contributed by atoms with Crippen molar-refractivity contribution in [2.75, 3.05) is 24.6 Å². The molecule has 6 nitrogen and oxygen atoms in total. The number of esters is 1. The Morgan fingerprint density at radius 1 is 1.33 bits per heavy atom. The van der Waals surface area contributed by atoms with Crippen molar-refractivity contribution in [3.63, 3.8) is 0 Å². The molecule has 0 amide bonds. The van der Waals surface area contributed by atoms with Gasteiger partial charge in [0.1, 0.15) is 0 Å². The Labute approximate surface area is 162 Å². The summed E-state index contributed by atoms with van der Waals surface area (Å²) in [4.78, 5) is 38.8. The number of carbonyl (C=O) groups excluding carboxylic acids is 3. The maximum absolute atomic E-state index is 12.3. The quantitative estimate of drug-likeness (QED) is 0.318. The molecular weight excluding hydrogens is 366 g/mol. The van der Waals surface area contributed by atoms with Crippen LogP contribution in [0.2, 0.25) is 0 Å². The van der Waals surface area contributed by atoms with Crippen molar-refractivity contribution in [3.8, 4) is 0 Å². The summed E-state index contributed by atoms with van der Waals surface area (Å²) in [5.74, 6) is -2.96. The van der Waals surface area contributed by atoms with Crippen LogP contribution in [-0.4, -0.2) is 43.3 Å². The van der Waals surface area contributed by atoms with Crippen LogP contribution in [0.25, 0.3) is 0 Å². The molecule has 0 radical (unpaired) electrons. The van der Waals surface area contributed by atoms with E-state index in [0.717, 1.165) is 18.1 Å². The van der Waals surface area contributed by atoms with E-state index >= 15 is 0 Å². The Morgan fingerprint density at radius 2 is 2.04 bits per heavy atom. The number of anilines is 1. The molecule has 0 N–H and O–H groups in total. The first-order valence-electron chi connectivity index (χ1n) is 9.30. The first-order valence-corrected chi connectivity index (χ1v) is 10.1. The second kappa shape index (κ2) is 8.35. The molecule has 3 atom stereocenters. The van der Waals surface area contributed by atoms with Crippen LogP contribution in [0.4, 0.5) is 5.00 Å². The van der Waals surface area contributed by atoms with E-state index in [1.807, 2.05) is 6.07 Å². The minimum Gasteiger partial charge on any atom is -0.851 e. The molecule has 7 heteroatoms. The minimum atomic E-state index is -1.20. The van der Waals surface area contributed by atoms with Gasteiger partial charge < -0.3 is 14.7 Å². The second-order valence-electron chi connectivity index (χ2n) is 7.14. The SMILES string of the molecule is C=CCCOC(=O)C1CCN(c2ccc(C3C(=O)C(=O)C(C)C3[O-])s2)CC1. The molecule has 1 saturated carbocycles. The molecule has 0 spiro atoms. The van der Waals surface area contributed by atoms with Gasteiger partial charge >= 0.3 is 5.97 Å². The van der Waals surface area contributed by atoms with Gasteiger partial charge in [0.25, 0.3) is 0 Å². The number of piperidine rings is 1. The van der Waals surface area contributed by atoms with E-state index in [1.165, 1.54) is 18.3 Å². The highest BCUT2D eigenvalue weighted by Gasteiger charge is 2.42. The number of rotatable bonds is 6. The standard InChI is InChI=1S/C20H24NO5S/c1-3-4-11-26-20(25)13-7-9-21(10-8-13)15-6-5-14(27-15)16-17(22)12(2)18(23)19(16)24/h3,5-6,12-13,16-17H,1,4,7-11H2,2H3/q-1. The van der Waals surface area contributed by atoms with Gasteiger partial charge in [0.05, 0.1) is 17.5 Å². The highest BCUT2D eigenvalue weighted by Crippen LogP contribution is 2.39. The van der Waals surface area contributed by atoms with Crippen molar-refractivity contribution in [2.45, 2.75) is 38.2 Å².